The molecule has 0 N–H and O–H groups in total. The van der Waals surface area contributed by atoms with Crippen molar-refractivity contribution in [3.05, 3.63) is 81.6 Å². The van der Waals surface area contributed by atoms with Gasteiger partial charge in [0.15, 0.2) is 11.2 Å². The minimum atomic E-state index is -0.416. The van der Waals surface area contributed by atoms with Crippen LogP contribution in [0.3, 0.4) is 0 Å². The second-order valence-corrected chi connectivity index (χ2v) is 8.37. The summed E-state index contributed by atoms with van der Waals surface area (Å²) in [5, 5.41) is 0. The van der Waals surface area contributed by atoms with Crippen LogP contribution in [0, 0.1) is 0 Å². The minimum Gasteiger partial charge on any atom is -0.383 e. The molecular formula is C25H26N6O3. The summed E-state index contributed by atoms with van der Waals surface area (Å²) in [5.74, 6) is 0.558. The SMILES string of the molecule is COCCn1c(=O)c2c(nc3n(-c4ccc(N(C)C)cc4)c(-c4ccccc4)cn23)n(C)c1=O. The molecule has 174 valence electrons. The molecule has 9 nitrogen and oxygen atoms in total. The van der Waals surface area contributed by atoms with E-state index in [-0.39, 0.29) is 18.7 Å². The number of nitrogens with zero attached hydrogens (tertiary/aromatic N) is 6. The number of imidazole rings is 2. The van der Waals surface area contributed by atoms with Gasteiger partial charge in [-0.3, -0.25) is 22.9 Å². The van der Waals surface area contributed by atoms with Crippen LogP contribution in [0.5, 0.6) is 0 Å². The van der Waals surface area contributed by atoms with Gasteiger partial charge in [0.1, 0.15) is 0 Å². The van der Waals surface area contributed by atoms with Crippen molar-refractivity contribution >= 4 is 22.6 Å². The highest BCUT2D eigenvalue weighted by Gasteiger charge is 2.22. The van der Waals surface area contributed by atoms with Crippen LogP contribution in [0.25, 0.3) is 33.9 Å². The molecule has 0 unspecified atom stereocenters. The highest BCUT2D eigenvalue weighted by Crippen LogP contribution is 2.29. The number of ether oxygens (including phenoxy) is 1. The van der Waals surface area contributed by atoms with Crippen molar-refractivity contribution in [3.8, 4) is 16.9 Å². The molecule has 0 aliphatic heterocycles. The first kappa shape index (κ1) is 21.7. The quantitative estimate of drug-likeness (QED) is 0.391. The molecule has 0 aliphatic rings. The van der Waals surface area contributed by atoms with Gasteiger partial charge in [-0.2, -0.15) is 4.98 Å². The summed E-state index contributed by atoms with van der Waals surface area (Å²) in [7, 11) is 7.16. The molecule has 0 fully saturated rings. The Balaban J connectivity index is 1.86. The summed E-state index contributed by atoms with van der Waals surface area (Å²) in [4.78, 5) is 33.1. The first-order valence-electron chi connectivity index (χ1n) is 11.0. The van der Waals surface area contributed by atoms with Crippen LogP contribution >= 0.6 is 0 Å². The van der Waals surface area contributed by atoms with Crippen LogP contribution in [0.1, 0.15) is 0 Å². The Morgan fingerprint density at radius 3 is 2.35 bits per heavy atom. The van der Waals surface area contributed by atoms with Gasteiger partial charge in [0.25, 0.3) is 5.56 Å². The van der Waals surface area contributed by atoms with Gasteiger partial charge in [-0.25, -0.2) is 4.79 Å². The molecule has 0 atom stereocenters. The van der Waals surface area contributed by atoms with Crippen molar-refractivity contribution in [1.29, 1.82) is 0 Å². The smallest absolute Gasteiger partial charge is 0.332 e. The third kappa shape index (κ3) is 3.32. The predicted molar refractivity (Wildman–Crippen MR) is 133 cm³/mol. The molecule has 0 aliphatic carbocycles. The third-order valence-electron chi connectivity index (χ3n) is 6.06. The first-order valence-corrected chi connectivity index (χ1v) is 11.0. The summed E-state index contributed by atoms with van der Waals surface area (Å²) < 4.78 is 11.5. The van der Waals surface area contributed by atoms with E-state index in [0.717, 1.165) is 22.6 Å². The van der Waals surface area contributed by atoms with Crippen LogP contribution in [0.15, 0.2) is 70.4 Å². The highest BCUT2D eigenvalue weighted by molar-refractivity contribution is 5.79. The molecule has 5 rings (SSSR count). The van der Waals surface area contributed by atoms with E-state index < -0.39 is 5.69 Å². The fourth-order valence-corrected chi connectivity index (χ4v) is 4.24. The zero-order valence-corrected chi connectivity index (χ0v) is 19.6. The van der Waals surface area contributed by atoms with Crippen LogP contribution in [0.2, 0.25) is 0 Å². The normalized spacial score (nSPS) is 11.5. The van der Waals surface area contributed by atoms with Crippen LogP contribution < -0.4 is 16.1 Å². The molecule has 0 saturated heterocycles. The Labute approximate surface area is 195 Å². The van der Waals surface area contributed by atoms with E-state index >= 15 is 0 Å². The van der Waals surface area contributed by atoms with Crippen molar-refractivity contribution in [1.82, 2.24) is 23.1 Å². The molecule has 0 saturated carbocycles. The van der Waals surface area contributed by atoms with Crippen molar-refractivity contribution < 1.29 is 4.74 Å². The largest absolute Gasteiger partial charge is 0.383 e. The number of rotatable bonds is 6. The lowest BCUT2D eigenvalue weighted by molar-refractivity contribution is 0.184. The van der Waals surface area contributed by atoms with E-state index in [1.165, 1.54) is 9.13 Å². The minimum absolute atomic E-state index is 0.170. The number of methoxy groups -OCH3 is 1. The second kappa shape index (κ2) is 8.35. The molecule has 0 amide bonds. The van der Waals surface area contributed by atoms with E-state index in [1.54, 1.807) is 18.6 Å². The molecule has 2 aromatic carbocycles. The lowest BCUT2D eigenvalue weighted by Gasteiger charge is -2.14. The van der Waals surface area contributed by atoms with Gasteiger partial charge in [-0.05, 0) is 24.3 Å². The Kier molecular flexibility index (Phi) is 5.33. The van der Waals surface area contributed by atoms with Crippen molar-refractivity contribution in [2.45, 2.75) is 6.54 Å². The molecule has 34 heavy (non-hydrogen) atoms. The average Bonchev–Trinajstić information content (AvgIpc) is 3.40. The van der Waals surface area contributed by atoms with Crippen molar-refractivity contribution in [2.75, 3.05) is 32.7 Å². The molecular weight excluding hydrogens is 432 g/mol. The highest BCUT2D eigenvalue weighted by atomic mass is 16.5. The van der Waals surface area contributed by atoms with Gasteiger partial charge in [0, 0.05) is 51.4 Å². The maximum absolute atomic E-state index is 13.4. The Morgan fingerprint density at radius 1 is 1.00 bits per heavy atom. The fourth-order valence-electron chi connectivity index (χ4n) is 4.24. The second-order valence-electron chi connectivity index (χ2n) is 8.37. The zero-order chi connectivity index (χ0) is 24.0. The molecule has 5 aromatic rings. The molecule has 0 spiro atoms. The molecule has 3 aromatic heterocycles. The maximum atomic E-state index is 13.4. The Bertz CT molecular complexity index is 1610. The number of fused-ring (bicyclic) bond motifs is 3. The number of benzene rings is 2. The zero-order valence-electron chi connectivity index (χ0n) is 19.6. The average molecular weight is 459 g/mol. The number of aromatic nitrogens is 5. The van der Waals surface area contributed by atoms with Gasteiger partial charge >= 0.3 is 5.69 Å². The number of aryl methyl sites for hydroxylation is 1. The van der Waals surface area contributed by atoms with E-state index in [1.807, 2.05) is 84.4 Å². The molecule has 0 radical (unpaired) electrons. The topological polar surface area (TPSA) is 78.7 Å². The lowest BCUT2D eigenvalue weighted by Crippen LogP contribution is -2.40. The van der Waals surface area contributed by atoms with E-state index in [9.17, 15) is 9.59 Å². The maximum Gasteiger partial charge on any atom is 0.332 e. The van der Waals surface area contributed by atoms with Gasteiger partial charge in [0.05, 0.1) is 18.8 Å². The summed E-state index contributed by atoms with van der Waals surface area (Å²) >= 11 is 0. The summed E-state index contributed by atoms with van der Waals surface area (Å²) in [6.45, 7) is 0.431. The molecule has 3 heterocycles. The Hall–Kier alpha value is -4.11. The van der Waals surface area contributed by atoms with Crippen LogP contribution in [0.4, 0.5) is 5.69 Å². The van der Waals surface area contributed by atoms with E-state index in [2.05, 4.69) is 0 Å². The predicted octanol–water partition coefficient (Wildman–Crippen LogP) is 2.52. The number of anilines is 1. The summed E-state index contributed by atoms with van der Waals surface area (Å²) in [6, 6.07) is 18.1. The molecule has 0 bridgehead atoms. The van der Waals surface area contributed by atoms with Crippen LogP contribution in [-0.2, 0) is 18.3 Å². The van der Waals surface area contributed by atoms with Gasteiger partial charge in [-0.15, -0.1) is 0 Å². The van der Waals surface area contributed by atoms with Gasteiger partial charge in [-0.1, -0.05) is 30.3 Å². The lowest BCUT2D eigenvalue weighted by atomic mass is 10.1. The van der Waals surface area contributed by atoms with Gasteiger partial charge < -0.3 is 9.64 Å². The third-order valence-corrected chi connectivity index (χ3v) is 6.06. The fraction of sp³-hybridized carbons (Fsp3) is 0.240. The Morgan fingerprint density at radius 2 is 1.71 bits per heavy atom. The standard InChI is InChI=1S/C25H26N6O3/c1-27(2)18-10-12-19(13-11-18)31-20(17-8-6-5-7-9-17)16-30-21-22(26-24(30)31)28(3)25(33)29(23(21)32)14-15-34-4/h5-13,16H,14-15H2,1-4H3. The van der Waals surface area contributed by atoms with E-state index in [0.29, 0.717) is 16.9 Å². The first-order chi connectivity index (χ1) is 16.4. The van der Waals surface area contributed by atoms with Crippen molar-refractivity contribution in [3.63, 3.8) is 0 Å². The van der Waals surface area contributed by atoms with Crippen LogP contribution in [-0.4, -0.2) is 50.9 Å². The molecule has 9 heteroatoms. The van der Waals surface area contributed by atoms with Crippen molar-refractivity contribution in [2.24, 2.45) is 7.05 Å². The summed E-state index contributed by atoms with van der Waals surface area (Å²) in [6.07, 6.45) is 1.91. The monoisotopic (exact) mass is 458 g/mol. The van der Waals surface area contributed by atoms with E-state index in [4.69, 9.17) is 9.72 Å². The number of hydrogen-bond acceptors (Lipinski definition) is 5. The van der Waals surface area contributed by atoms with Gasteiger partial charge in [0.2, 0.25) is 5.78 Å². The number of hydrogen-bond donors (Lipinski definition) is 0. The summed E-state index contributed by atoms with van der Waals surface area (Å²) in [5.41, 5.74) is 3.75.